The van der Waals surface area contributed by atoms with Crippen molar-refractivity contribution in [3.63, 3.8) is 0 Å². The molecule has 0 saturated heterocycles. The molecule has 0 bridgehead atoms. The van der Waals surface area contributed by atoms with Crippen LogP contribution in [0, 0.1) is 0 Å². The highest BCUT2D eigenvalue weighted by molar-refractivity contribution is 5.99. The van der Waals surface area contributed by atoms with Crippen LogP contribution in [0.15, 0.2) is 60.0 Å². The van der Waals surface area contributed by atoms with Gasteiger partial charge in [0.15, 0.2) is 11.5 Å². The molecule has 0 aliphatic heterocycles. The van der Waals surface area contributed by atoms with Gasteiger partial charge in [-0.1, -0.05) is 36.4 Å². The van der Waals surface area contributed by atoms with Crippen molar-refractivity contribution in [1.82, 2.24) is 19.8 Å². The molecule has 0 radical (unpaired) electrons. The maximum Gasteiger partial charge on any atom is 0.185 e. The average molecular weight is 331 g/mol. The normalized spacial score (nSPS) is 11.4. The fraction of sp³-hybridized carbons (Fsp3) is 0.111. The summed E-state index contributed by atoms with van der Waals surface area (Å²) in [5.74, 6) is 0.657. The number of hydrogen-bond donors (Lipinski definition) is 1. The molecule has 0 atom stereocenters. The summed E-state index contributed by atoms with van der Waals surface area (Å²) in [7, 11) is 4.03. The van der Waals surface area contributed by atoms with Crippen LogP contribution in [0.4, 0.5) is 11.5 Å². The molecule has 0 saturated carbocycles. The van der Waals surface area contributed by atoms with Crippen LogP contribution in [-0.2, 0) is 0 Å². The molecule has 4 rings (SSSR count). The maximum atomic E-state index is 4.49. The van der Waals surface area contributed by atoms with E-state index in [0.717, 1.165) is 27.7 Å². The zero-order chi connectivity index (χ0) is 17.2. The van der Waals surface area contributed by atoms with Crippen LogP contribution >= 0.6 is 0 Å². The van der Waals surface area contributed by atoms with Crippen molar-refractivity contribution >= 4 is 34.1 Å². The molecule has 124 valence electrons. The number of aromatic nitrogens is 4. The van der Waals surface area contributed by atoms with Gasteiger partial charge in [0, 0.05) is 30.6 Å². The van der Waals surface area contributed by atoms with Crippen LogP contribution in [0.5, 0.6) is 0 Å². The minimum absolute atomic E-state index is 0.657. The molecule has 2 heterocycles. The summed E-state index contributed by atoms with van der Waals surface area (Å²) in [6.45, 7) is 0. The van der Waals surface area contributed by atoms with Crippen LogP contribution in [0.1, 0.15) is 5.56 Å². The quantitative estimate of drug-likeness (QED) is 0.460. The van der Waals surface area contributed by atoms with Gasteiger partial charge in [-0.05, 0) is 17.7 Å². The van der Waals surface area contributed by atoms with Crippen molar-refractivity contribution in [1.29, 1.82) is 0 Å². The number of nitrogens with one attached hydrogen (secondary N) is 1. The summed E-state index contributed by atoms with van der Waals surface area (Å²) >= 11 is 0. The van der Waals surface area contributed by atoms with E-state index in [1.54, 1.807) is 17.1 Å². The third-order valence-corrected chi connectivity index (χ3v) is 3.95. The number of fused-ring (bicyclic) bond motifs is 3. The molecule has 2 aromatic carbocycles. The molecule has 1 N–H and O–H groups in total. The second kappa shape index (κ2) is 6.20. The molecule has 7 nitrogen and oxygen atoms in total. The lowest BCUT2D eigenvalue weighted by molar-refractivity contribution is 0.934. The summed E-state index contributed by atoms with van der Waals surface area (Å²) < 4.78 is 1.64. The Morgan fingerprint density at radius 3 is 2.56 bits per heavy atom. The van der Waals surface area contributed by atoms with Crippen LogP contribution < -0.4 is 10.3 Å². The largest absolute Gasteiger partial charge is 0.378 e. The Hall–Kier alpha value is -3.48. The predicted molar refractivity (Wildman–Crippen MR) is 100 cm³/mol. The van der Waals surface area contributed by atoms with Gasteiger partial charge in [-0.15, -0.1) is 15.3 Å². The molecule has 2 aromatic heterocycles. The third kappa shape index (κ3) is 2.87. The minimum atomic E-state index is 0.657. The molecule has 0 aliphatic rings. The van der Waals surface area contributed by atoms with Crippen molar-refractivity contribution in [3.05, 3.63) is 60.4 Å². The summed E-state index contributed by atoms with van der Waals surface area (Å²) in [6.07, 6.45) is 3.35. The highest BCUT2D eigenvalue weighted by atomic mass is 15.4. The van der Waals surface area contributed by atoms with Gasteiger partial charge in [-0.25, -0.2) is 0 Å². The van der Waals surface area contributed by atoms with Crippen molar-refractivity contribution in [2.75, 3.05) is 24.4 Å². The van der Waals surface area contributed by atoms with Crippen LogP contribution in [-0.4, -0.2) is 40.1 Å². The number of hydrogen-bond acceptors (Lipinski definition) is 6. The molecular weight excluding hydrogens is 314 g/mol. The van der Waals surface area contributed by atoms with Crippen LogP contribution in [0.3, 0.4) is 0 Å². The fourth-order valence-electron chi connectivity index (χ4n) is 2.64. The summed E-state index contributed by atoms with van der Waals surface area (Å²) in [4.78, 5) is 2.06. The van der Waals surface area contributed by atoms with Gasteiger partial charge in [-0.3, -0.25) is 5.43 Å². The lowest BCUT2D eigenvalue weighted by Gasteiger charge is -2.11. The van der Waals surface area contributed by atoms with Gasteiger partial charge < -0.3 is 4.90 Å². The Kier molecular flexibility index (Phi) is 3.74. The summed E-state index contributed by atoms with van der Waals surface area (Å²) in [5.41, 5.74) is 5.91. The first-order chi connectivity index (χ1) is 12.2. The first kappa shape index (κ1) is 15.1. The van der Waals surface area contributed by atoms with Crippen molar-refractivity contribution in [2.45, 2.75) is 0 Å². The number of anilines is 2. The van der Waals surface area contributed by atoms with E-state index in [-0.39, 0.29) is 0 Å². The van der Waals surface area contributed by atoms with Gasteiger partial charge in [0.2, 0.25) is 0 Å². The smallest absolute Gasteiger partial charge is 0.185 e. The Bertz CT molecular complexity index is 1050. The second-order valence-electron chi connectivity index (χ2n) is 5.85. The standard InChI is InChI=1S/C18H17N7/c1-24(2)14-9-7-13(8-10-14)11-19-21-17-15-5-3-4-6-16(15)18-22-20-12-25(18)23-17/h3-12H,1-2H3,(H,21,23). The average Bonchev–Trinajstić information content (AvgIpc) is 3.11. The maximum absolute atomic E-state index is 4.49. The van der Waals surface area contributed by atoms with E-state index in [1.165, 1.54) is 0 Å². The van der Waals surface area contributed by atoms with Crippen molar-refractivity contribution in [3.8, 4) is 0 Å². The molecular formula is C18H17N7. The number of hydrazone groups is 1. The van der Waals surface area contributed by atoms with E-state index in [9.17, 15) is 0 Å². The van der Waals surface area contributed by atoms with E-state index in [2.05, 4.69) is 42.9 Å². The molecule has 0 aliphatic carbocycles. The lowest BCUT2D eigenvalue weighted by Crippen LogP contribution is -2.08. The van der Waals surface area contributed by atoms with Crippen molar-refractivity contribution < 1.29 is 0 Å². The Labute approximate surface area is 144 Å². The highest BCUT2D eigenvalue weighted by Crippen LogP contribution is 2.23. The molecule has 0 amide bonds. The summed E-state index contributed by atoms with van der Waals surface area (Å²) in [6, 6.07) is 16.1. The fourth-order valence-corrected chi connectivity index (χ4v) is 2.64. The number of nitrogens with zero attached hydrogens (tertiary/aromatic N) is 6. The number of benzene rings is 2. The molecule has 0 fully saturated rings. The topological polar surface area (TPSA) is 70.7 Å². The van der Waals surface area contributed by atoms with Gasteiger partial charge in [0.05, 0.1) is 6.21 Å². The lowest BCUT2D eigenvalue weighted by atomic mass is 10.2. The first-order valence-electron chi connectivity index (χ1n) is 7.87. The van der Waals surface area contributed by atoms with E-state index in [1.807, 2.05) is 50.5 Å². The van der Waals surface area contributed by atoms with Crippen LogP contribution in [0.25, 0.3) is 16.4 Å². The van der Waals surface area contributed by atoms with Gasteiger partial charge in [-0.2, -0.15) is 9.62 Å². The Morgan fingerprint density at radius 1 is 1.04 bits per heavy atom. The zero-order valence-corrected chi connectivity index (χ0v) is 14.0. The predicted octanol–water partition coefficient (Wildman–Crippen LogP) is 2.79. The monoisotopic (exact) mass is 331 g/mol. The molecule has 4 aromatic rings. The third-order valence-electron chi connectivity index (χ3n) is 3.95. The molecule has 0 unspecified atom stereocenters. The van der Waals surface area contributed by atoms with Gasteiger partial charge in [0.25, 0.3) is 0 Å². The molecule has 25 heavy (non-hydrogen) atoms. The Morgan fingerprint density at radius 2 is 1.80 bits per heavy atom. The minimum Gasteiger partial charge on any atom is -0.378 e. The van der Waals surface area contributed by atoms with Crippen LogP contribution in [0.2, 0.25) is 0 Å². The van der Waals surface area contributed by atoms with E-state index >= 15 is 0 Å². The van der Waals surface area contributed by atoms with Gasteiger partial charge in [0.1, 0.15) is 6.33 Å². The first-order valence-corrected chi connectivity index (χ1v) is 7.87. The second-order valence-corrected chi connectivity index (χ2v) is 5.85. The van der Waals surface area contributed by atoms with E-state index < -0.39 is 0 Å². The zero-order valence-electron chi connectivity index (χ0n) is 14.0. The Balaban J connectivity index is 1.63. The van der Waals surface area contributed by atoms with Crippen molar-refractivity contribution in [2.24, 2.45) is 5.10 Å². The van der Waals surface area contributed by atoms with Gasteiger partial charge >= 0.3 is 0 Å². The van der Waals surface area contributed by atoms with E-state index in [0.29, 0.717) is 5.82 Å². The molecule has 0 spiro atoms. The molecule has 7 heteroatoms. The number of rotatable bonds is 4. The SMILES string of the molecule is CN(C)c1ccc(C=NNc2nn3cnnc3c3ccccc23)cc1. The van der Waals surface area contributed by atoms with E-state index in [4.69, 9.17) is 0 Å². The summed E-state index contributed by atoms with van der Waals surface area (Å²) in [5, 5.41) is 18.8. The highest BCUT2D eigenvalue weighted by Gasteiger charge is 2.08.